The zero-order valence-electron chi connectivity index (χ0n) is 16.0. The lowest BCUT2D eigenvalue weighted by atomic mass is 10.2. The van der Waals surface area contributed by atoms with Gasteiger partial charge in [0, 0.05) is 38.1 Å². The molecule has 0 amide bonds. The van der Waals surface area contributed by atoms with Gasteiger partial charge < -0.3 is 0 Å². The fraction of sp³-hybridized carbons (Fsp3) is 0.350. The Morgan fingerprint density at radius 3 is 2.57 bits per heavy atom. The zero-order valence-corrected chi connectivity index (χ0v) is 18.4. The van der Waals surface area contributed by atoms with Gasteiger partial charge in [-0.25, -0.2) is 13.4 Å². The van der Waals surface area contributed by atoms with Crippen LogP contribution >= 0.6 is 22.7 Å². The highest BCUT2D eigenvalue weighted by Crippen LogP contribution is 2.28. The average Bonchev–Trinajstić information content (AvgIpc) is 3.36. The lowest BCUT2D eigenvalue weighted by molar-refractivity contribution is 0.180. The van der Waals surface area contributed by atoms with E-state index < -0.39 is 10.0 Å². The first-order valence-electron chi connectivity index (χ1n) is 9.21. The Morgan fingerprint density at radius 2 is 1.86 bits per heavy atom. The molecule has 1 aliphatic rings. The fourth-order valence-electron chi connectivity index (χ4n) is 3.37. The number of benzene rings is 1. The molecular formula is C20H23N3O2S3. The summed E-state index contributed by atoms with van der Waals surface area (Å²) in [6, 6.07) is 9.73. The van der Waals surface area contributed by atoms with Crippen LogP contribution in [0.1, 0.15) is 16.8 Å². The van der Waals surface area contributed by atoms with Crippen molar-refractivity contribution < 1.29 is 8.42 Å². The van der Waals surface area contributed by atoms with Crippen LogP contribution < -0.4 is 0 Å². The van der Waals surface area contributed by atoms with Crippen molar-refractivity contribution in [3.8, 4) is 9.88 Å². The Balaban J connectivity index is 1.40. The van der Waals surface area contributed by atoms with Gasteiger partial charge >= 0.3 is 0 Å². The molecule has 1 saturated heterocycles. The zero-order chi connectivity index (χ0) is 19.7. The highest BCUT2D eigenvalue weighted by molar-refractivity contribution is 7.89. The molecule has 0 spiro atoms. The van der Waals surface area contributed by atoms with Gasteiger partial charge in [0.05, 0.1) is 15.5 Å². The van der Waals surface area contributed by atoms with Gasteiger partial charge in [0.15, 0.2) is 0 Å². The molecule has 8 heteroatoms. The number of thiazole rings is 1. The molecule has 0 radical (unpaired) electrons. The van der Waals surface area contributed by atoms with E-state index in [0.717, 1.165) is 41.5 Å². The van der Waals surface area contributed by atoms with Crippen LogP contribution in [-0.4, -0.2) is 48.8 Å². The number of hydrogen-bond donors (Lipinski definition) is 0. The van der Waals surface area contributed by atoms with Crippen molar-refractivity contribution in [3.05, 3.63) is 57.9 Å². The third-order valence-corrected chi connectivity index (χ3v) is 8.93. The van der Waals surface area contributed by atoms with E-state index in [1.165, 1.54) is 4.88 Å². The Labute approximate surface area is 174 Å². The van der Waals surface area contributed by atoms with Crippen LogP contribution in [0.15, 0.2) is 46.0 Å². The Kier molecular flexibility index (Phi) is 5.66. The number of aryl methyl sites for hydroxylation is 2. The van der Waals surface area contributed by atoms with Crippen LogP contribution in [0.25, 0.3) is 9.88 Å². The molecule has 3 aromatic rings. The quantitative estimate of drug-likeness (QED) is 0.610. The number of rotatable bonds is 5. The summed E-state index contributed by atoms with van der Waals surface area (Å²) in [6.07, 6.45) is 0. The van der Waals surface area contributed by atoms with Crippen molar-refractivity contribution in [2.75, 3.05) is 26.2 Å². The molecule has 5 nitrogen and oxygen atoms in total. The fourth-order valence-corrected chi connectivity index (χ4v) is 6.73. The molecule has 4 rings (SSSR count). The first-order chi connectivity index (χ1) is 13.4. The van der Waals surface area contributed by atoms with Crippen molar-refractivity contribution in [2.45, 2.75) is 25.3 Å². The normalized spacial score (nSPS) is 16.5. The van der Waals surface area contributed by atoms with E-state index in [1.807, 2.05) is 32.0 Å². The van der Waals surface area contributed by atoms with Crippen molar-refractivity contribution in [1.82, 2.24) is 14.2 Å². The van der Waals surface area contributed by atoms with Crippen LogP contribution in [0.5, 0.6) is 0 Å². The summed E-state index contributed by atoms with van der Waals surface area (Å²) < 4.78 is 27.7. The van der Waals surface area contributed by atoms with Crippen molar-refractivity contribution >= 4 is 32.7 Å². The van der Waals surface area contributed by atoms with Crippen LogP contribution in [0.4, 0.5) is 0 Å². The third-order valence-electron chi connectivity index (χ3n) is 4.96. The second kappa shape index (κ2) is 8.04. The number of thiophene rings is 1. The largest absolute Gasteiger partial charge is 0.295 e. The second-order valence-electron chi connectivity index (χ2n) is 7.07. The number of aromatic nitrogens is 1. The van der Waals surface area contributed by atoms with Crippen molar-refractivity contribution in [3.63, 3.8) is 0 Å². The molecule has 1 aromatic carbocycles. The topological polar surface area (TPSA) is 53.5 Å². The maximum Gasteiger partial charge on any atom is 0.243 e. The number of piperazine rings is 1. The number of nitrogens with zero attached hydrogens (tertiary/aromatic N) is 3. The monoisotopic (exact) mass is 433 g/mol. The summed E-state index contributed by atoms with van der Waals surface area (Å²) in [5, 5.41) is 5.22. The van der Waals surface area contributed by atoms with Crippen LogP contribution in [0, 0.1) is 13.8 Å². The first kappa shape index (κ1) is 19.7. The summed E-state index contributed by atoms with van der Waals surface area (Å²) in [5.41, 5.74) is 2.82. The lowest BCUT2D eigenvalue weighted by Crippen LogP contribution is -2.48. The summed E-state index contributed by atoms with van der Waals surface area (Å²) in [7, 11) is -3.44. The van der Waals surface area contributed by atoms with Crippen LogP contribution in [-0.2, 0) is 16.6 Å². The summed E-state index contributed by atoms with van der Waals surface area (Å²) in [4.78, 5) is 8.65. The standard InChI is InChI=1S/C20H23N3O2S3/c1-15-5-6-16(2)19(12-15)28(24,25)23-9-7-22(8-10-23)13-17-14-27-20(21-17)18-4-3-11-26-18/h3-6,11-12,14H,7-10,13H2,1-2H3. The van der Waals surface area contributed by atoms with E-state index in [-0.39, 0.29) is 0 Å². The molecule has 0 unspecified atom stereocenters. The molecule has 1 aliphatic heterocycles. The lowest BCUT2D eigenvalue weighted by Gasteiger charge is -2.33. The van der Waals surface area contributed by atoms with E-state index in [9.17, 15) is 8.42 Å². The Bertz CT molecular complexity index is 1050. The second-order valence-corrected chi connectivity index (χ2v) is 10.8. The van der Waals surface area contributed by atoms with Gasteiger partial charge in [-0.05, 0) is 42.5 Å². The molecule has 0 N–H and O–H groups in total. The summed E-state index contributed by atoms with van der Waals surface area (Å²) in [5.74, 6) is 0. The smallest absolute Gasteiger partial charge is 0.243 e. The van der Waals surface area contributed by atoms with E-state index in [0.29, 0.717) is 18.0 Å². The van der Waals surface area contributed by atoms with Gasteiger partial charge in [-0.2, -0.15) is 4.31 Å². The summed E-state index contributed by atoms with van der Waals surface area (Å²) in [6.45, 7) is 7.01. The van der Waals surface area contributed by atoms with Gasteiger partial charge in [0.2, 0.25) is 10.0 Å². The molecule has 0 aliphatic carbocycles. The van der Waals surface area contributed by atoms with Gasteiger partial charge in [-0.3, -0.25) is 4.90 Å². The molecule has 2 aromatic heterocycles. The average molecular weight is 434 g/mol. The maximum atomic E-state index is 13.1. The van der Waals surface area contributed by atoms with Gasteiger partial charge in [-0.1, -0.05) is 18.2 Å². The molecule has 0 bridgehead atoms. The summed E-state index contributed by atoms with van der Waals surface area (Å²) >= 11 is 3.37. The predicted molar refractivity (Wildman–Crippen MR) is 115 cm³/mol. The van der Waals surface area contributed by atoms with E-state index in [1.54, 1.807) is 33.0 Å². The Morgan fingerprint density at radius 1 is 1.07 bits per heavy atom. The van der Waals surface area contributed by atoms with Crippen molar-refractivity contribution in [1.29, 1.82) is 0 Å². The van der Waals surface area contributed by atoms with E-state index in [2.05, 4.69) is 21.7 Å². The Hall–Kier alpha value is -1.58. The minimum absolute atomic E-state index is 0.432. The highest BCUT2D eigenvalue weighted by atomic mass is 32.2. The maximum absolute atomic E-state index is 13.1. The molecule has 1 fully saturated rings. The highest BCUT2D eigenvalue weighted by Gasteiger charge is 2.29. The molecule has 3 heterocycles. The number of hydrogen-bond acceptors (Lipinski definition) is 6. The minimum atomic E-state index is -3.44. The first-order valence-corrected chi connectivity index (χ1v) is 12.4. The van der Waals surface area contributed by atoms with Gasteiger partial charge in [0.1, 0.15) is 5.01 Å². The van der Waals surface area contributed by atoms with Crippen molar-refractivity contribution in [2.24, 2.45) is 0 Å². The molecular weight excluding hydrogens is 410 g/mol. The van der Waals surface area contributed by atoms with Crippen LogP contribution in [0.3, 0.4) is 0 Å². The minimum Gasteiger partial charge on any atom is -0.295 e. The molecule has 28 heavy (non-hydrogen) atoms. The third kappa shape index (κ3) is 4.06. The van der Waals surface area contributed by atoms with E-state index in [4.69, 9.17) is 4.98 Å². The molecule has 148 valence electrons. The SMILES string of the molecule is Cc1ccc(C)c(S(=O)(=O)N2CCN(Cc3csc(-c4cccs4)n3)CC2)c1. The van der Waals surface area contributed by atoms with Crippen LogP contribution in [0.2, 0.25) is 0 Å². The van der Waals surface area contributed by atoms with Gasteiger partial charge in [0.25, 0.3) is 0 Å². The molecule has 0 saturated carbocycles. The van der Waals surface area contributed by atoms with E-state index >= 15 is 0 Å². The molecule has 0 atom stereocenters. The van der Waals surface area contributed by atoms with Gasteiger partial charge in [-0.15, -0.1) is 22.7 Å². The predicted octanol–water partition coefficient (Wildman–Crippen LogP) is 3.99. The number of sulfonamides is 1.